The summed E-state index contributed by atoms with van der Waals surface area (Å²) in [6, 6.07) is 3.57. The SMILES string of the molecule is CN(CCBr)C(=O)c1cccc(F)c1F. The second-order valence-corrected chi connectivity index (χ2v) is 3.81. The van der Waals surface area contributed by atoms with E-state index in [0.29, 0.717) is 11.9 Å². The molecule has 0 radical (unpaired) electrons. The van der Waals surface area contributed by atoms with E-state index in [4.69, 9.17) is 0 Å². The molecule has 0 aromatic heterocycles. The molecule has 0 heterocycles. The van der Waals surface area contributed by atoms with Gasteiger partial charge in [0.2, 0.25) is 0 Å². The molecule has 1 rings (SSSR count). The van der Waals surface area contributed by atoms with Crippen LogP contribution in [0.25, 0.3) is 0 Å². The molecule has 0 aliphatic carbocycles. The minimum Gasteiger partial charge on any atom is -0.341 e. The monoisotopic (exact) mass is 277 g/mol. The summed E-state index contributed by atoms with van der Waals surface area (Å²) in [6.45, 7) is 0.439. The molecule has 5 heteroatoms. The Bertz CT molecular complexity index is 370. The number of nitrogens with zero attached hydrogens (tertiary/aromatic N) is 1. The van der Waals surface area contributed by atoms with Crippen molar-refractivity contribution >= 4 is 21.8 Å². The Morgan fingerprint density at radius 2 is 2.13 bits per heavy atom. The predicted molar refractivity (Wildman–Crippen MR) is 57.1 cm³/mol. The molecule has 1 amide bonds. The van der Waals surface area contributed by atoms with E-state index in [1.165, 1.54) is 24.1 Å². The average molecular weight is 278 g/mol. The minimum atomic E-state index is -1.09. The van der Waals surface area contributed by atoms with Crippen molar-refractivity contribution in [1.29, 1.82) is 0 Å². The Labute approximate surface area is 95.0 Å². The third-order valence-electron chi connectivity index (χ3n) is 1.95. The first kappa shape index (κ1) is 12.1. The molecule has 0 unspecified atom stereocenters. The molecular formula is C10H10BrF2NO. The summed E-state index contributed by atoms with van der Waals surface area (Å²) < 4.78 is 26.1. The third-order valence-corrected chi connectivity index (χ3v) is 2.30. The summed E-state index contributed by atoms with van der Waals surface area (Å²) in [6.07, 6.45) is 0. The number of alkyl halides is 1. The molecule has 0 aliphatic heterocycles. The predicted octanol–water partition coefficient (Wildman–Crippen LogP) is 2.43. The first-order valence-electron chi connectivity index (χ1n) is 4.33. The van der Waals surface area contributed by atoms with Gasteiger partial charge in [-0.2, -0.15) is 0 Å². The summed E-state index contributed by atoms with van der Waals surface area (Å²) in [5.74, 6) is -2.62. The maximum Gasteiger partial charge on any atom is 0.256 e. The minimum absolute atomic E-state index is 0.238. The lowest BCUT2D eigenvalue weighted by atomic mass is 10.2. The molecule has 1 aromatic carbocycles. The van der Waals surface area contributed by atoms with Crippen LogP contribution < -0.4 is 0 Å². The standard InChI is InChI=1S/C10H10BrF2NO/c1-14(6-5-11)10(15)7-3-2-4-8(12)9(7)13/h2-4H,5-6H2,1H3. The number of benzene rings is 1. The molecule has 1 aromatic rings. The average Bonchev–Trinajstić information content (AvgIpc) is 2.21. The van der Waals surface area contributed by atoms with Gasteiger partial charge in [0.05, 0.1) is 5.56 Å². The summed E-state index contributed by atoms with van der Waals surface area (Å²) in [7, 11) is 1.54. The van der Waals surface area contributed by atoms with Gasteiger partial charge in [0.1, 0.15) is 0 Å². The number of carbonyl (C=O) groups excluding carboxylic acids is 1. The first-order valence-corrected chi connectivity index (χ1v) is 5.45. The van der Waals surface area contributed by atoms with Gasteiger partial charge in [-0.1, -0.05) is 22.0 Å². The lowest BCUT2D eigenvalue weighted by Gasteiger charge is -2.15. The number of hydrogen-bond acceptors (Lipinski definition) is 1. The Balaban J connectivity index is 2.96. The van der Waals surface area contributed by atoms with E-state index in [-0.39, 0.29) is 5.56 Å². The molecule has 0 atom stereocenters. The van der Waals surface area contributed by atoms with Crippen LogP contribution in [0.15, 0.2) is 18.2 Å². The zero-order valence-electron chi connectivity index (χ0n) is 8.14. The number of hydrogen-bond donors (Lipinski definition) is 0. The van der Waals surface area contributed by atoms with Crippen LogP contribution in [0.3, 0.4) is 0 Å². The molecule has 0 saturated heterocycles. The Hall–Kier alpha value is -0.970. The van der Waals surface area contributed by atoms with E-state index >= 15 is 0 Å². The molecule has 15 heavy (non-hydrogen) atoms. The fourth-order valence-corrected chi connectivity index (χ4v) is 1.63. The summed E-state index contributed by atoms with van der Waals surface area (Å²) >= 11 is 3.16. The first-order chi connectivity index (χ1) is 7.07. The zero-order valence-corrected chi connectivity index (χ0v) is 9.72. The zero-order chi connectivity index (χ0) is 11.4. The Morgan fingerprint density at radius 1 is 1.47 bits per heavy atom. The molecular weight excluding hydrogens is 268 g/mol. The number of amides is 1. The summed E-state index contributed by atoms with van der Waals surface area (Å²) in [4.78, 5) is 12.9. The smallest absolute Gasteiger partial charge is 0.256 e. The highest BCUT2D eigenvalue weighted by molar-refractivity contribution is 9.09. The van der Waals surface area contributed by atoms with Gasteiger partial charge in [0, 0.05) is 18.9 Å². The highest BCUT2D eigenvalue weighted by atomic mass is 79.9. The van der Waals surface area contributed by atoms with Gasteiger partial charge >= 0.3 is 0 Å². The maximum atomic E-state index is 13.2. The van der Waals surface area contributed by atoms with E-state index in [9.17, 15) is 13.6 Å². The highest BCUT2D eigenvalue weighted by Gasteiger charge is 2.17. The van der Waals surface area contributed by atoms with Crippen LogP contribution in [-0.2, 0) is 0 Å². The van der Waals surface area contributed by atoms with Crippen LogP contribution in [0, 0.1) is 11.6 Å². The summed E-state index contributed by atoms with van der Waals surface area (Å²) in [5.41, 5.74) is -0.238. The molecule has 0 bridgehead atoms. The van der Waals surface area contributed by atoms with Crippen molar-refractivity contribution in [2.75, 3.05) is 18.9 Å². The van der Waals surface area contributed by atoms with Crippen LogP contribution >= 0.6 is 15.9 Å². The number of rotatable bonds is 3. The van der Waals surface area contributed by atoms with Crippen LogP contribution in [0.1, 0.15) is 10.4 Å². The van der Waals surface area contributed by atoms with Gasteiger partial charge in [-0.3, -0.25) is 4.79 Å². The topological polar surface area (TPSA) is 20.3 Å². The normalized spacial score (nSPS) is 10.1. The van der Waals surface area contributed by atoms with Gasteiger partial charge in [0.15, 0.2) is 11.6 Å². The van der Waals surface area contributed by atoms with Crippen LogP contribution in [0.4, 0.5) is 8.78 Å². The highest BCUT2D eigenvalue weighted by Crippen LogP contribution is 2.13. The maximum absolute atomic E-state index is 13.2. The van der Waals surface area contributed by atoms with Gasteiger partial charge in [-0.05, 0) is 12.1 Å². The molecule has 0 saturated carbocycles. The van der Waals surface area contributed by atoms with Crippen molar-refractivity contribution < 1.29 is 13.6 Å². The molecule has 2 nitrogen and oxygen atoms in total. The van der Waals surface area contributed by atoms with E-state index in [2.05, 4.69) is 15.9 Å². The van der Waals surface area contributed by atoms with Gasteiger partial charge in [0.25, 0.3) is 5.91 Å². The van der Waals surface area contributed by atoms with Gasteiger partial charge < -0.3 is 4.90 Å². The fraction of sp³-hybridized carbons (Fsp3) is 0.300. The summed E-state index contributed by atoms with van der Waals surface area (Å²) in [5, 5.41) is 0.589. The Kier molecular flexibility index (Phi) is 4.20. The lowest BCUT2D eigenvalue weighted by molar-refractivity contribution is 0.0798. The van der Waals surface area contributed by atoms with Crippen molar-refractivity contribution in [3.63, 3.8) is 0 Å². The largest absolute Gasteiger partial charge is 0.341 e. The van der Waals surface area contributed by atoms with Crippen LogP contribution in [-0.4, -0.2) is 29.7 Å². The molecule has 82 valence electrons. The van der Waals surface area contributed by atoms with Crippen molar-refractivity contribution in [1.82, 2.24) is 4.90 Å². The van der Waals surface area contributed by atoms with Crippen molar-refractivity contribution in [2.24, 2.45) is 0 Å². The van der Waals surface area contributed by atoms with E-state index in [1.54, 1.807) is 0 Å². The quantitative estimate of drug-likeness (QED) is 0.778. The van der Waals surface area contributed by atoms with Crippen molar-refractivity contribution in [3.05, 3.63) is 35.4 Å². The van der Waals surface area contributed by atoms with E-state index < -0.39 is 17.5 Å². The molecule has 0 fully saturated rings. The second-order valence-electron chi connectivity index (χ2n) is 3.02. The third kappa shape index (κ3) is 2.75. The number of carbonyl (C=O) groups is 1. The number of halogens is 3. The molecule has 0 aliphatic rings. The van der Waals surface area contributed by atoms with Gasteiger partial charge in [-0.15, -0.1) is 0 Å². The van der Waals surface area contributed by atoms with Crippen LogP contribution in [0.2, 0.25) is 0 Å². The van der Waals surface area contributed by atoms with E-state index in [1.807, 2.05) is 0 Å². The molecule has 0 spiro atoms. The van der Waals surface area contributed by atoms with E-state index in [0.717, 1.165) is 6.07 Å². The second kappa shape index (κ2) is 5.21. The Morgan fingerprint density at radius 3 is 2.73 bits per heavy atom. The molecule has 0 N–H and O–H groups in total. The van der Waals surface area contributed by atoms with Crippen LogP contribution in [0.5, 0.6) is 0 Å². The fourth-order valence-electron chi connectivity index (χ4n) is 1.10. The van der Waals surface area contributed by atoms with Crippen molar-refractivity contribution in [2.45, 2.75) is 0 Å². The van der Waals surface area contributed by atoms with Gasteiger partial charge in [-0.25, -0.2) is 8.78 Å². The lowest BCUT2D eigenvalue weighted by Crippen LogP contribution is -2.29. The van der Waals surface area contributed by atoms with Crippen molar-refractivity contribution in [3.8, 4) is 0 Å².